The van der Waals surface area contributed by atoms with Crippen LogP contribution in [-0.2, 0) is 23.8 Å². The van der Waals surface area contributed by atoms with Gasteiger partial charge in [0, 0.05) is 6.61 Å². The highest BCUT2D eigenvalue weighted by atomic mass is 16.6. The van der Waals surface area contributed by atoms with Gasteiger partial charge in [0.05, 0.1) is 19.3 Å². The van der Waals surface area contributed by atoms with Crippen LogP contribution < -0.4 is 0 Å². The highest BCUT2D eigenvalue weighted by Crippen LogP contribution is 2.22. The summed E-state index contributed by atoms with van der Waals surface area (Å²) in [6.45, 7) is 4.09. The summed E-state index contributed by atoms with van der Waals surface area (Å²) in [6.07, 6.45) is -0.300. The Balaban J connectivity index is 2.74. The van der Waals surface area contributed by atoms with E-state index in [1.165, 1.54) is 0 Å². The van der Waals surface area contributed by atoms with Crippen molar-refractivity contribution in [1.29, 1.82) is 0 Å². The van der Waals surface area contributed by atoms with Crippen molar-refractivity contribution in [2.45, 2.75) is 38.9 Å². The molecule has 1 N–H and O–H groups in total. The van der Waals surface area contributed by atoms with E-state index < -0.39 is 30.1 Å². The SMILES string of the molecule is CCOC(=O)C(C(=O)OCC)C(O)C1CCCO1. The average molecular weight is 260 g/mol. The summed E-state index contributed by atoms with van der Waals surface area (Å²) in [7, 11) is 0. The maximum Gasteiger partial charge on any atom is 0.323 e. The molecule has 0 aromatic heterocycles. The first-order valence-electron chi connectivity index (χ1n) is 6.24. The van der Waals surface area contributed by atoms with Crippen molar-refractivity contribution < 1.29 is 28.9 Å². The van der Waals surface area contributed by atoms with Gasteiger partial charge >= 0.3 is 11.9 Å². The second-order valence-corrected chi connectivity index (χ2v) is 4.02. The van der Waals surface area contributed by atoms with Crippen LogP contribution in [0, 0.1) is 5.92 Å². The predicted molar refractivity (Wildman–Crippen MR) is 61.7 cm³/mol. The number of carbonyl (C=O) groups excluding carboxylic acids is 2. The van der Waals surface area contributed by atoms with Crippen molar-refractivity contribution in [2.24, 2.45) is 5.92 Å². The Kier molecular flexibility index (Phi) is 6.07. The molecule has 0 radical (unpaired) electrons. The molecule has 0 aliphatic carbocycles. The summed E-state index contributed by atoms with van der Waals surface area (Å²) in [5.74, 6) is -2.86. The van der Waals surface area contributed by atoms with Crippen LogP contribution in [0.1, 0.15) is 26.7 Å². The number of carbonyl (C=O) groups is 2. The Morgan fingerprint density at radius 3 is 2.22 bits per heavy atom. The lowest BCUT2D eigenvalue weighted by molar-refractivity contribution is -0.171. The molecular formula is C12H20O6. The van der Waals surface area contributed by atoms with Gasteiger partial charge in [-0.1, -0.05) is 0 Å². The molecule has 0 bridgehead atoms. The number of aliphatic hydroxyl groups excluding tert-OH is 1. The monoisotopic (exact) mass is 260 g/mol. The van der Waals surface area contributed by atoms with Gasteiger partial charge in [0.1, 0.15) is 6.10 Å². The highest BCUT2D eigenvalue weighted by Gasteiger charge is 2.42. The zero-order chi connectivity index (χ0) is 13.5. The third-order valence-corrected chi connectivity index (χ3v) is 2.77. The molecule has 1 aliphatic heterocycles. The molecule has 0 amide bonds. The normalized spacial score (nSPS) is 20.8. The molecule has 1 fully saturated rings. The molecule has 0 spiro atoms. The second-order valence-electron chi connectivity index (χ2n) is 4.02. The third-order valence-electron chi connectivity index (χ3n) is 2.77. The summed E-state index contributed by atoms with van der Waals surface area (Å²) in [5, 5.41) is 10.1. The molecule has 104 valence electrons. The summed E-state index contributed by atoms with van der Waals surface area (Å²) >= 11 is 0. The lowest BCUT2D eigenvalue weighted by Gasteiger charge is -2.23. The summed E-state index contributed by atoms with van der Waals surface area (Å²) in [4.78, 5) is 23.4. The van der Waals surface area contributed by atoms with E-state index in [1.807, 2.05) is 0 Å². The summed E-state index contributed by atoms with van der Waals surface area (Å²) in [5.41, 5.74) is 0. The first kappa shape index (κ1) is 14.9. The molecule has 1 aliphatic rings. The Hall–Kier alpha value is -1.14. The Morgan fingerprint density at radius 2 is 1.83 bits per heavy atom. The molecule has 1 rings (SSSR count). The fourth-order valence-corrected chi connectivity index (χ4v) is 1.93. The quantitative estimate of drug-likeness (QED) is 0.545. The molecule has 1 saturated heterocycles. The molecule has 6 heteroatoms. The maximum atomic E-state index is 11.7. The van der Waals surface area contributed by atoms with Crippen molar-refractivity contribution >= 4 is 11.9 Å². The first-order valence-corrected chi connectivity index (χ1v) is 6.24. The van der Waals surface area contributed by atoms with Crippen LogP contribution >= 0.6 is 0 Å². The van der Waals surface area contributed by atoms with E-state index in [0.717, 1.165) is 6.42 Å². The van der Waals surface area contributed by atoms with E-state index in [0.29, 0.717) is 13.0 Å². The second kappa shape index (κ2) is 7.33. The lowest BCUT2D eigenvalue weighted by Crippen LogP contribution is -2.43. The fourth-order valence-electron chi connectivity index (χ4n) is 1.93. The zero-order valence-corrected chi connectivity index (χ0v) is 10.8. The van der Waals surface area contributed by atoms with Gasteiger partial charge in [-0.25, -0.2) is 0 Å². The molecule has 0 saturated carbocycles. The number of aliphatic hydroxyl groups is 1. The van der Waals surface area contributed by atoms with Crippen molar-refractivity contribution in [3.8, 4) is 0 Å². The van der Waals surface area contributed by atoms with Crippen LogP contribution in [-0.4, -0.2) is 49.1 Å². The van der Waals surface area contributed by atoms with Crippen LogP contribution in [0.2, 0.25) is 0 Å². The van der Waals surface area contributed by atoms with Crippen LogP contribution in [0.3, 0.4) is 0 Å². The van der Waals surface area contributed by atoms with E-state index in [4.69, 9.17) is 14.2 Å². The fraction of sp³-hybridized carbons (Fsp3) is 0.833. The van der Waals surface area contributed by atoms with Gasteiger partial charge in [-0.3, -0.25) is 9.59 Å². The minimum Gasteiger partial charge on any atom is -0.465 e. The Labute approximate surface area is 106 Å². The van der Waals surface area contributed by atoms with Gasteiger partial charge in [0.2, 0.25) is 0 Å². The van der Waals surface area contributed by atoms with Gasteiger partial charge in [-0.05, 0) is 26.7 Å². The van der Waals surface area contributed by atoms with Crippen LogP contribution in [0.5, 0.6) is 0 Å². The van der Waals surface area contributed by atoms with E-state index in [2.05, 4.69) is 0 Å². The Morgan fingerprint density at radius 1 is 1.28 bits per heavy atom. The molecule has 0 aromatic rings. The zero-order valence-electron chi connectivity index (χ0n) is 10.8. The molecule has 18 heavy (non-hydrogen) atoms. The van der Waals surface area contributed by atoms with E-state index in [9.17, 15) is 14.7 Å². The van der Waals surface area contributed by atoms with E-state index >= 15 is 0 Å². The minimum absolute atomic E-state index is 0.146. The molecule has 6 nitrogen and oxygen atoms in total. The highest BCUT2D eigenvalue weighted by molar-refractivity contribution is 5.95. The van der Waals surface area contributed by atoms with Crippen molar-refractivity contribution in [1.82, 2.24) is 0 Å². The summed E-state index contributed by atoms with van der Waals surface area (Å²) < 4.78 is 14.9. The average Bonchev–Trinajstić information content (AvgIpc) is 2.83. The molecular weight excluding hydrogens is 240 g/mol. The molecule has 2 unspecified atom stereocenters. The van der Waals surface area contributed by atoms with Gasteiger partial charge in [0.25, 0.3) is 0 Å². The van der Waals surface area contributed by atoms with E-state index in [1.54, 1.807) is 13.8 Å². The standard InChI is InChI=1S/C12H20O6/c1-3-16-11(14)9(12(15)17-4-2)10(13)8-6-5-7-18-8/h8-10,13H,3-7H2,1-2H3. The number of rotatable bonds is 6. The van der Waals surface area contributed by atoms with E-state index in [-0.39, 0.29) is 13.2 Å². The van der Waals surface area contributed by atoms with Crippen molar-refractivity contribution in [2.75, 3.05) is 19.8 Å². The van der Waals surface area contributed by atoms with Crippen LogP contribution in [0.4, 0.5) is 0 Å². The smallest absolute Gasteiger partial charge is 0.323 e. The maximum absolute atomic E-state index is 11.7. The number of hydrogen-bond donors (Lipinski definition) is 1. The van der Waals surface area contributed by atoms with Crippen LogP contribution in [0.15, 0.2) is 0 Å². The van der Waals surface area contributed by atoms with Gasteiger partial charge in [-0.15, -0.1) is 0 Å². The number of hydrogen-bond acceptors (Lipinski definition) is 6. The lowest BCUT2D eigenvalue weighted by atomic mass is 9.96. The van der Waals surface area contributed by atoms with Crippen molar-refractivity contribution in [3.05, 3.63) is 0 Å². The first-order chi connectivity index (χ1) is 8.61. The van der Waals surface area contributed by atoms with Gasteiger partial charge in [-0.2, -0.15) is 0 Å². The van der Waals surface area contributed by atoms with Crippen LogP contribution in [0.25, 0.3) is 0 Å². The largest absolute Gasteiger partial charge is 0.465 e. The van der Waals surface area contributed by atoms with Crippen molar-refractivity contribution in [3.63, 3.8) is 0 Å². The molecule has 2 atom stereocenters. The molecule has 1 heterocycles. The number of ether oxygens (including phenoxy) is 3. The molecule has 0 aromatic carbocycles. The van der Waals surface area contributed by atoms with Gasteiger partial charge < -0.3 is 19.3 Å². The Bertz CT molecular complexity index is 266. The minimum atomic E-state index is -1.33. The topological polar surface area (TPSA) is 82.1 Å². The third kappa shape index (κ3) is 3.68. The summed E-state index contributed by atoms with van der Waals surface area (Å²) in [6, 6.07) is 0. The predicted octanol–water partition coefficient (Wildman–Crippen LogP) is 0.269. The number of esters is 2. The van der Waals surface area contributed by atoms with Gasteiger partial charge in [0.15, 0.2) is 5.92 Å².